The van der Waals surface area contributed by atoms with E-state index >= 15 is 0 Å². The van der Waals surface area contributed by atoms with E-state index in [2.05, 4.69) is 29.7 Å². The molecule has 3 nitrogen and oxygen atoms in total. The minimum absolute atomic E-state index is 0.0307. The zero-order valence-electron chi connectivity index (χ0n) is 11.4. The van der Waals surface area contributed by atoms with E-state index in [4.69, 9.17) is 0 Å². The fourth-order valence-corrected chi connectivity index (χ4v) is 2.77. The molecular weight excluding hydrogens is 256 g/mol. The summed E-state index contributed by atoms with van der Waals surface area (Å²) in [4.78, 5) is 14.5. The summed E-state index contributed by atoms with van der Waals surface area (Å²) in [6.07, 6.45) is 0. The molecule has 0 saturated carbocycles. The number of amides is 1. The van der Waals surface area contributed by atoms with E-state index in [9.17, 15) is 4.79 Å². The Kier molecular flexibility index (Phi) is 4.22. The lowest BCUT2D eigenvalue weighted by molar-refractivity contribution is 0.0951. The quantitative estimate of drug-likeness (QED) is 0.898. The molecule has 0 radical (unpaired) electrons. The Morgan fingerprint density at radius 1 is 1.21 bits per heavy atom. The smallest absolute Gasteiger partial charge is 0.251 e. The van der Waals surface area contributed by atoms with Crippen LogP contribution in [0.25, 0.3) is 0 Å². The molecule has 4 heteroatoms. The Labute approximate surface area is 117 Å². The zero-order valence-corrected chi connectivity index (χ0v) is 12.2. The minimum atomic E-state index is -0.0307. The van der Waals surface area contributed by atoms with E-state index in [1.165, 1.54) is 9.75 Å². The Morgan fingerprint density at radius 3 is 2.58 bits per heavy atom. The van der Waals surface area contributed by atoms with Gasteiger partial charge in [0.25, 0.3) is 5.91 Å². The molecule has 1 aromatic carbocycles. The van der Waals surface area contributed by atoms with Crippen LogP contribution in [0.4, 0.5) is 5.69 Å². The number of nitrogens with one attached hydrogen (secondary N) is 2. The summed E-state index contributed by atoms with van der Waals surface area (Å²) in [5.74, 6) is -0.0307. The van der Waals surface area contributed by atoms with Gasteiger partial charge in [0.15, 0.2) is 0 Å². The molecule has 0 aliphatic rings. The third-order valence-corrected chi connectivity index (χ3v) is 3.98. The zero-order chi connectivity index (χ0) is 13.8. The summed E-state index contributed by atoms with van der Waals surface area (Å²) < 4.78 is 0. The van der Waals surface area contributed by atoms with Gasteiger partial charge in [0, 0.05) is 28.1 Å². The number of hydrogen-bond acceptors (Lipinski definition) is 3. The van der Waals surface area contributed by atoms with Crippen molar-refractivity contribution in [1.82, 2.24) is 5.32 Å². The number of anilines is 1. The van der Waals surface area contributed by atoms with Crippen LogP contribution < -0.4 is 10.6 Å². The molecule has 1 aromatic heterocycles. The van der Waals surface area contributed by atoms with Crippen LogP contribution in [0, 0.1) is 13.8 Å². The molecule has 2 N–H and O–H groups in total. The molecule has 0 atom stereocenters. The molecule has 0 aliphatic heterocycles. The number of carbonyl (C=O) groups is 1. The summed E-state index contributed by atoms with van der Waals surface area (Å²) in [6, 6.07) is 9.79. The van der Waals surface area contributed by atoms with Crippen LogP contribution in [-0.4, -0.2) is 13.0 Å². The molecule has 0 unspecified atom stereocenters. The second kappa shape index (κ2) is 5.89. The second-order valence-electron chi connectivity index (χ2n) is 4.47. The average Bonchev–Trinajstić information content (AvgIpc) is 2.81. The van der Waals surface area contributed by atoms with Gasteiger partial charge < -0.3 is 10.6 Å². The van der Waals surface area contributed by atoms with Crippen molar-refractivity contribution >= 4 is 22.9 Å². The van der Waals surface area contributed by atoms with E-state index in [-0.39, 0.29) is 5.91 Å². The first-order valence-electron chi connectivity index (χ1n) is 6.22. The molecule has 2 aromatic rings. The van der Waals surface area contributed by atoms with Crippen LogP contribution in [0.2, 0.25) is 0 Å². The van der Waals surface area contributed by atoms with Gasteiger partial charge in [-0.2, -0.15) is 0 Å². The average molecular weight is 274 g/mol. The van der Waals surface area contributed by atoms with Crippen LogP contribution >= 0.6 is 11.3 Å². The number of hydrogen-bond donors (Lipinski definition) is 2. The SMILES string of the molecule is CNc1ccc(C(=O)NCc2ccc(C)s2)cc1C. The molecule has 0 fully saturated rings. The maximum Gasteiger partial charge on any atom is 0.251 e. The van der Waals surface area contributed by atoms with E-state index < -0.39 is 0 Å². The first-order valence-corrected chi connectivity index (χ1v) is 7.03. The molecule has 0 spiro atoms. The highest BCUT2D eigenvalue weighted by atomic mass is 32.1. The topological polar surface area (TPSA) is 41.1 Å². The number of aryl methyl sites for hydroxylation is 2. The van der Waals surface area contributed by atoms with Crippen molar-refractivity contribution in [2.24, 2.45) is 0 Å². The first kappa shape index (κ1) is 13.6. The van der Waals surface area contributed by atoms with Gasteiger partial charge in [0.2, 0.25) is 0 Å². The van der Waals surface area contributed by atoms with Gasteiger partial charge in [-0.05, 0) is 49.7 Å². The largest absolute Gasteiger partial charge is 0.388 e. The van der Waals surface area contributed by atoms with Crippen molar-refractivity contribution < 1.29 is 4.79 Å². The maximum absolute atomic E-state index is 12.0. The first-order chi connectivity index (χ1) is 9.10. The molecule has 2 rings (SSSR count). The van der Waals surface area contributed by atoms with Crippen LogP contribution in [0.5, 0.6) is 0 Å². The third kappa shape index (κ3) is 3.35. The van der Waals surface area contributed by atoms with Gasteiger partial charge in [-0.15, -0.1) is 11.3 Å². The predicted molar refractivity (Wildman–Crippen MR) is 81.0 cm³/mol. The molecule has 0 saturated heterocycles. The number of benzene rings is 1. The van der Waals surface area contributed by atoms with E-state index in [1.54, 1.807) is 11.3 Å². The Bertz CT molecular complexity index is 590. The summed E-state index contributed by atoms with van der Waals surface area (Å²) in [5, 5.41) is 6.04. The van der Waals surface area contributed by atoms with Crippen molar-refractivity contribution in [3.63, 3.8) is 0 Å². The number of carbonyl (C=O) groups excluding carboxylic acids is 1. The normalized spacial score (nSPS) is 10.3. The lowest BCUT2D eigenvalue weighted by Crippen LogP contribution is -2.22. The van der Waals surface area contributed by atoms with E-state index in [1.807, 2.05) is 32.2 Å². The predicted octanol–water partition coefficient (Wildman–Crippen LogP) is 3.34. The molecule has 100 valence electrons. The van der Waals surface area contributed by atoms with Crippen molar-refractivity contribution in [2.45, 2.75) is 20.4 Å². The standard InChI is InChI=1S/C15H18N2OS/c1-10-8-12(5-7-14(10)16-3)15(18)17-9-13-6-4-11(2)19-13/h4-8,16H,9H2,1-3H3,(H,17,18). The Balaban J connectivity index is 2.01. The number of thiophene rings is 1. The van der Waals surface area contributed by atoms with Crippen molar-refractivity contribution in [3.05, 3.63) is 51.2 Å². The minimum Gasteiger partial charge on any atom is -0.388 e. The Morgan fingerprint density at radius 2 is 2.00 bits per heavy atom. The lowest BCUT2D eigenvalue weighted by Gasteiger charge is -2.08. The van der Waals surface area contributed by atoms with E-state index in [0.29, 0.717) is 12.1 Å². The highest BCUT2D eigenvalue weighted by Crippen LogP contribution is 2.17. The van der Waals surface area contributed by atoms with Gasteiger partial charge in [0.1, 0.15) is 0 Å². The molecular formula is C15H18N2OS. The Hall–Kier alpha value is -1.81. The highest BCUT2D eigenvalue weighted by molar-refractivity contribution is 7.11. The summed E-state index contributed by atoms with van der Waals surface area (Å²) in [7, 11) is 1.88. The van der Waals surface area contributed by atoms with E-state index in [0.717, 1.165) is 11.3 Å². The maximum atomic E-state index is 12.0. The van der Waals surface area contributed by atoms with Crippen molar-refractivity contribution in [2.75, 3.05) is 12.4 Å². The number of rotatable bonds is 4. The van der Waals surface area contributed by atoms with Crippen LogP contribution in [0.3, 0.4) is 0 Å². The van der Waals surface area contributed by atoms with Crippen molar-refractivity contribution in [3.8, 4) is 0 Å². The van der Waals surface area contributed by atoms with Crippen LogP contribution in [0.15, 0.2) is 30.3 Å². The van der Waals surface area contributed by atoms with Crippen LogP contribution in [0.1, 0.15) is 25.7 Å². The third-order valence-electron chi connectivity index (χ3n) is 2.98. The summed E-state index contributed by atoms with van der Waals surface area (Å²) >= 11 is 1.71. The van der Waals surface area contributed by atoms with Gasteiger partial charge in [0.05, 0.1) is 6.54 Å². The van der Waals surface area contributed by atoms with Gasteiger partial charge >= 0.3 is 0 Å². The van der Waals surface area contributed by atoms with Crippen molar-refractivity contribution in [1.29, 1.82) is 0 Å². The second-order valence-corrected chi connectivity index (χ2v) is 5.85. The highest BCUT2D eigenvalue weighted by Gasteiger charge is 2.07. The molecule has 0 aliphatic carbocycles. The summed E-state index contributed by atoms with van der Waals surface area (Å²) in [6.45, 7) is 4.64. The van der Waals surface area contributed by atoms with Gasteiger partial charge in [-0.1, -0.05) is 0 Å². The monoisotopic (exact) mass is 274 g/mol. The molecule has 1 heterocycles. The van der Waals surface area contributed by atoms with Gasteiger partial charge in [-0.3, -0.25) is 4.79 Å². The fourth-order valence-electron chi connectivity index (χ4n) is 1.94. The van der Waals surface area contributed by atoms with Gasteiger partial charge in [-0.25, -0.2) is 0 Å². The lowest BCUT2D eigenvalue weighted by atomic mass is 10.1. The molecule has 19 heavy (non-hydrogen) atoms. The van der Waals surface area contributed by atoms with Crippen LogP contribution in [-0.2, 0) is 6.54 Å². The fraction of sp³-hybridized carbons (Fsp3) is 0.267. The summed E-state index contributed by atoms with van der Waals surface area (Å²) in [5.41, 5.74) is 2.82. The molecule has 1 amide bonds. The molecule has 0 bridgehead atoms.